The maximum Gasteiger partial charge on any atom is 0.0492 e. The van der Waals surface area contributed by atoms with Crippen molar-refractivity contribution >= 4 is 27.5 Å². The normalized spacial score (nSPS) is 11.4. The molecule has 0 fully saturated rings. The minimum absolute atomic E-state index is 0.211. The molecule has 3 rings (SSSR count). The lowest BCUT2D eigenvalue weighted by Gasteiger charge is -2.05. The van der Waals surface area contributed by atoms with Crippen LogP contribution in [-0.2, 0) is 6.54 Å². The van der Waals surface area contributed by atoms with Crippen LogP contribution < -0.4 is 5.73 Å². The average Bonchev–Trinajstić information content (AvgIpc) is 2.70. The first kappa shape index (κ1) is 11.1. The van der Waals surface area contributed by atoms with E-state index < -0.39 is 0 Å². The number of nitrogens with two attached hydrogens (primary N) is 1. The van der Waals surface area contributed by atoms with Gasteiger partial charge in [-0.2, -0.15) is 0 Å². The van der Waals surface area contributed by atoms with Crippen LogP contribution in [0.5, 0.6) is 0 Å². The number of anilines is 1. The van der Waals surface area contributed by atoms with Crippen molar-refractivity contribution in [3.63, 3.8) is 0 Å². The number of aryl methyl sites for hydroxylation is 1. The minimum Gasteiger partial charge on any atom is -0.399 e. The number of aromatic nitrogens is 1. The Labute approximate surface area is 105 Å². The monoisotopic (exact) mass is 240 g/mol. The number of aliphatic hydroxyl groups excluding tert-OH is 1. The molecule has 0 atom stereocenters. The van der Waals surface area contributed by atoms with Gasteiger partial charge < -0.3 is 15.4 Å². The SMILES string of the molecule is Nc1ccc2c(c1)c1ccccc1n2CCCO. The quantitative estimate of drug-likeness (QED) is 0.692. The summed E-state index contributed by atoms with van der Waals surface area (Å²) in [6, 6.07) is 14.3. The standard InChI is InChI=1S/C15H16N2O/c16-11-6-7-15-13(10-11)12-4-1-2-5-14(12)17(15)8-3-9-18/h1-2,4-7,10,18H,3,8-9,16H2. The van der Waals surface area contributed by atoms with Crippen molar-refractivity contribution in [3.8, 4) is 0 Å². The van der Waals surface area contributed by atoms with Gasteiger partial charge in [-0.15, -0.1) is 0 Å². The Morgan fingerprint density at radius 2 is 1.78 bits per heavy atom. The third-order valence-corrected chi connectivity index (χ3v) is 3.34. The number of benzene rings is 2. The van der Waals surface area contributed by atoms with Crippen LogP contribution in [0.1, 0.15) is 6.42 Å². The summed E-state index contributed by atoms with van der Waals surface area (Å²) in [4.78, 5) is 0. The molecule has 0 unspecified atom stereocenters. The van der Waals surface area contributed by atoms with Crippen LogP contribution in [0.25, 0.3) is 21.8 Å². The highest BCUT2D eigenvalue weighted by Crippen LogP contribution is 2.30. The van der Waals surface area contributed by atoms with E-state index in [2.05, 4.69) is 22.8 Å². The molecule has 1 heterocycles. The highest BCUT2D eigenvalue weighted by atomic mass is 16.3. The number of hydrogen-bond acceptors (Lipinski definition) is 2. The number of aliphatic hydroxyl groups is 1. The van der Waals surface area contributed by atoms with Gasteiger partial charge in [0.25, 0.3) is 0 Å². The zero-order valence-corrected chi connectivity index (χ0v) is 10.1. The lowest BCUT2D eigenvalue weighted by molar-refractivity contribution is 0.281. The summed E-state index contributed by atoms with van der Waals surface area (Å²) < 4.78 is 2.25. The Morgan fingerprint density at radius 1 is 1.00 bits per heavy atom. The van der Waals surface area contributed by atoms with Crippen molar-refractivity contribution in [1.82, 2.24) is 4.57 Å². The number of nitrogen functional groups attached to an aromatic ring is 1. The van der Waals surface area contributed by atoms with E-state index in [-0.39, 0.29) is 6.61 Å². The summed E-state index contributed by atoms with van der Waals surface area (Å²) in [6.45, 7) is 1.04. The van der Waals surface area contributed by atoms with E-state index in [1.807, 2.05) is 24.3 Å². The van der Waals surface area contributed by atoms with Gasteiger partial charge in [-0.1, -0.05) is 18.2 Å². The van der Waals surface area contributed by atoms with Crippen LogP contribution in [0.4, 0.5) is 5.69 Å². The Bertz CT molecular complexity index is 700. The highest BCUT2D eigenvalue weighted by molar-refractivity contribution is 6.08. The van der Waals surface area contributed by atoms with Crippen LogP contribution in [0.3, 0.4) is 0 Å². The van der Waals surface area contributed by atoms with Gasteiger partial charge in [0, 0.05) is 40.6 Å². The summed E-state index contributed by atoms with van der Waals surface area (Å²) in [6.07, 6.45) is 0.762. The number of rotatable bonds is 3. The van der Waals surface area contributed by atoms with Gasteiger partial charge in [0.05, 0.1) is 0 Å². The molecule has 0 amide bonds. The highest BCUT2D eigenvalue weighted by Gasteiger charge is 2.09. The summed E-state index contributed by atoms with van der Waals surface area (Å²) in [5, 5.41) is 11.4. The zero-order chi connectivity index (χ0) is 12.5. The molecule has 2 aromatic carbocycles. The molecular weight excluding hydrogens is 224 g/mol. The van der Waals surface area contributed by atoms with Gasteiger partial charge in [0.2, 0.25) is 0 Å². The first-order valence-electron chi connectivity index (χ1n) is 6.18. The van der Waals surface area contributed by atoms with Crippen LogP contribution in [-0.4, -0.2) is 16.3 Å². The van der Waals surface area contributed by atoms with E-state index in [0.29, 0.717) is 0 Å². The molecule has 0 saturated heterocycles. The predicted molar refractivity (Wildman–Crippen MR) is 75.6 cm³/mol. The van der Waals surface area contributed by atoms with Crippen molar-refractivity contribution < 1.29 is 5.11 Å². The van der Waals surface area contributed by atoms with E-state index in [1.165, 1.54) is 21.8 Å². The predicted octanol–water partition coefficient (Wildman–Crippen LogP) is 2.76. The second kappa shape index (κ2) is 4.35. The van der Waals surface area contributed by atoms with Crippen LogP contribution in [0, 0.1) is 0 Å². The van der Waals surface area contributed by atoms with E-state index in [0.717, 1.165) is 18.7 Å². The fourth-order valence-electron chi connectivity index (χ4n) is 2.54. The first-order valence-corrected chi connectivity index (χ1v) is 6.18. The molecule has 0 aliphatic heterocycles. The van der Waals surface area contributed by atoms with E-state index >= 15 is 0 Å². The fraction of sp³-hybridized carbons (Fsp3) is 0.200. The smallest absolute Gasteiger partial charge is 0.0492 e. The molecule has 0 aliphatic rings. The van der Waals surface area contributed by atoms with Crippen molar-refractivity contribution in [2.45, 2.75) is 13.0 Å². The molecule has 0 bridgehead atoms. The summed E-state index contributed by atoms with van der Waals surface area (Å²) in [7, 11) is 0. The van der Waals surface area contributed by atoms with E-state index in [1.54, 1.807) is 0 Å². The fourth-order valence-corrected chi connectivity index (χ4v) is 2.54. The topological polar surface area (TPSA) is 51.2 Å². The Hall–Kier alpha value is -2.00. The molecule has 3 heteroatoms. The third kappa shape index (κ3) is 1.64. The lowest BCUT2D eigenvalue weighted by Crippen LogP contribution is -1.99. The molecule has 0 aliphatic carbocycles. The van der Waals surface area contributed by atoms with Gasteiger partial charge in [-0.3, -0.25) is 0 Å². The van der Waals surface area contributed by atoms with Crippen molar-refractivity contribution in [3.05, 3.63) is 42.5 Å². The second-order valence-electron chi connectivity index (χ2n) is 4.52. The van der Waals surface area contributed by atoms with Crippen molar-refractivity contribution in [1.29, 1.82) is 0 Å². The molecule has 0 saturated carbocycles. The lowest BCUT2D eigenvalue weighted by atomic mass is 10.1. The molecule has 0 radical (unpaired) electrons. The number of nitrogens with zero attached hydrogens (tertiary/aromatic N) is 1. The molecule has 3 N–H and O–H groups in total. The Morgan fingerprint density at radius 3 is 2.61 bits per heavy atom. The number of hydrogen-bond donors (Lipinski definition) is 2. The molecule has 18 heavy (non-hydrogen) atoms. The van der Waals surface area contributed by atoms with Gasteiger partial charge in [0.15, 0.2) is 0 Å². The second-order valence-corrected chi connectivity index (χ2v) is 4.52. The molecule has 3 nitrogen and oxygen atoms in total. The molecule has 1 aromatic heterocycles. The zero-order valence-electron chi connectivity index (χ0n) is 10.1. The largest absolute Gasteiger partial charge is 0.399 e. The van der Waals surface area contributed by atoms with E-state index in [4.69, 9.17) is 10.8 Å². The van der Waals surface area contributed by atoms with Gasteiger partial charge in [-0.05, 0) is 30.7 Å². The van der Waals surface area contributed by atoms with E-state index in [9.17, 15) is 0 Å². The van der Waals surface area contributed by atoms with Crippen LogP contribution in [0.2, 0.25) is 0 Å². The van der Waals surface area contributed by atoms with Crippen LogP contribution >= 0.6 is 0 Å². The molecule has 3 aromatic rings. The molecule has 92 valence electrons. The Kier molecular flexibility index (Phi) is 2.68. The minimum atomic E-state index is 0.211. The van der Waals surface area contributed by atoms with Crippen LogP contribution in [0.15, 0.2) is 42.5 Å². The Balaban J connectivity index is 2.34. The van der Waals surface area contributed by atoms with Gasteiger partial charge in [-0.25, -0.2) is 0 Å². The van der Waals surface area contributed by atoms with Gasteiger partial charge >= 0.3 is 0 Å². The average molecular weight is 240 g/mol. The number of para-hydroxylation sites is 1. The maximum atomic E-state index is 9.02. The molecular formula is C15H16N2O. The van der Waals surface area contributed by atoms with Crippen molar-refractivity contribution in [2.24, 2.45) is 0 Å². The summed E-state index contributed by atoms with van der Waals surface area (Å²) in [5.74, 6) is 0. The third-order valence-electron chi connectivity index (χ3n) is 3.34. The number of fused-ring (bicyclic) bond motifs is 3. The van der Waals surface area contributed by atoms with Gasteiger partial charge in [0.1, 0.15) is 0 Å². The first-order chi connectivity index (χ1) is 8.81. The summed E-state index contributed by atoms with van der Waals surface area (Å²) in [5.41, 5.74) is 9.04. The summed E-state index contributed by atoms with van der Waals surface area (Å²) >= 11 is 0. The maximum absolute atomic E-state index is 9.02. The van der Waals surface area contributed by atoms with Crippen molar-refractivity contribution in [2.75, 3.05) is 12.3 Å². The molecule has 0 spiro atoms.